The Morgan fingerprint density at radius 3 is 2.71 bits per heavy atom. The first kappa shape index (κ1) is 15.7. The summed E-state index contributed by atoms with van der Waals surface area (Å²) in [6, 6.07) is 11.8. The van der Waals surface area contributed by atoms with E-state index in [1.807, 2.05) is 50.2 Å². The van der Waals surface area contributed by atoms with Crippen molar-refractivity contribution in [3.63, 3.8) is 0 Å². The van der Waals surface area contributed by atoms with Gasteiger partial charge in [0.1, 0.15) is 0 Å². The highest BCUT2D eigenvalue weighted by Crippen LogP contribution is 2.22. The molecule has 6 heteroatoms. The molecule has 2 rings (SSSR count). The summed E-state index contributed by atoms with van der Waals surface area (Å²) in [6.45, 7) is 4.06. The smallest absolute Gasteiger partial charge is 0.259 e. The molecular formula is C15H16BrN3OS. The molecule has 110 valence electrons. The molecule has 21 heavy (non-hydrogen) atoms. The van der Waals surface area contributed by atoms with Crippen LogP contribution in [0.25, 0.3) is 0 Å². The number of hydrogen-bond acceptors (Lipinski definition) is 4. The van der Waals surface area contributed by atoms with Crippen LogP contribution in [0.4, 0.5) is 5.69 Å². The molecule has 0 radical (unpaired) electrons. The number of carbonyl (C=O) groups is 1. The van der Waals surface area contributed by atoms with Crippen LogP contribution in [0.15, 0.2) is 45.3 Å². The van der Waals surface area contributed by atoms with E-state index >= 15 is 0 Å². The van der Waals surface area contributed by atoms with Crippen LogP contribution >= 0.6 is 27.3 Å². The number of aryl methyl sites for hydroxylation is 1. The van der Waals surface area contributed by atoms with Crippen LogP contribution < -0.4 is 10.7 Å². The van der Waals surface area contributed by atoms with Crippen LogP contribution in [0.5, 0.6) is 0 Å². The van der Waals surface area contributed by atoms with Gasteiger partial charge in [0, 0.05) is 5.69 Å². The van der Waals surface area contributed by atoms with Gasteiger partial charge in [-0.1, -0.05) is 18.2 Å². The zero-order chi connectivity index (χ0) is 15.2. The van der Waals surface area contributed by atoms with Gasteiger partial charge in [-0.25, -0.2) is 5.43 Å². The lowest BCUT2D eigenvalue weighted by molar-refractivity contribution is -0.119. The number of halogens is 1. The summed E-state index contributed by atoms with van der Waals surface area (Å²) in [5, 5.41) is 7.20. The number of thiophene rings is 1. The van der Waals surface area contributed by atoms with Crippen molar-refractivity contribution in [1.29, 1.82) is 0 Å². The summed E-state index contributed by atoms with van der Waals surface area (Å²) in [4.78, 5) is 12.8. The minimum Gasteiger partial charge on any atom is -0.376 e. The number of anilines is 1. The lowest BCUT2D eigenvalue weighted by Crippen LogP contribution is -2.26. The fraction of sp³-hybridized carbons (Fsp3) is 0.200. The van der Waals surface area contributed by atoms with Crippen LogP contribution in [0.3, 0.4) is 0 Å². The van der Waals surface area contributed by atoms with Gasteiger partial charge in [-0.2, -0.15) is 5.10 Å². The summed E-state index contributed by atoms with van der Waals surface area (Å²) >= 11 is 4.98. The molecule has 0 bridgehead atoms. The molecule has 4 nitrogen and oxygen atoms in total. The highest BCUT2D eigenvalue weighted by Gasteiger charge is 2.04. The lowest BCUT2D eigenvalue weighted by Gasteiger charge is -2.08. The predicted octanol–water partition coefficient (Wildman–Crippen LogP) is 3.77. The van der Waals surface area contributed by atoms with Crippen molar-refractivity contribution < 1.29 is 4.79 Å². The molecule has 0 aliphatic heterocycles. The van der Waals surface area contributed by atoms with E-state index < -0.39 is 0 Å². The van der Waals surface area contributed by atoms with Crippen molar-refractivity contribution >= 4 is 44.6 Å². The number of amides is 1. The fourth-order valence-electron chi connectivity index (χ4n) is 1.70. The molecule has 1 amide bonds. The van der Waals surface area contributed by atoms with Crippen LogP contribution in [-0.4, -0.2) is 18.2 Å². The highest BCUT2D eigenvalue weighted by atomic mass is 79.9. The molecule has 0 unspecified atom stereocenters. The minimum atomic E-state index is -0.173. The van der Waals surface area contributed by atoms with E-state index in [0.29, 0.717) is 0 Å². The second kappa shape index (κ2) is 7.38. The van der Waals surface area contributed by atoms with Gasteiger partial charge in [0.05, 0.1) is 20.9 Å². The van der Waals surface area contributed by atoms with Gasteiger partial charge in [-0.05, 0) is 53.5 Å². The van der Waals surface area contributed by atoms with Crippen LogP contribution in [0, 0.1) is 6.92 Å². The predicted molar refractivity (Wildman–Crippen MR) is 92.0 cm³/mol. The number of carbonyl (C=O) groups excluding carboxylic acids is 1. The topological polar surface area (TPSA) is 53.5 Å². The largest absolute Gasteiger partial charge is 0.376 e. The molecule has 0 saturated carbocycles. The van der Waals surface area contributed by atoms with Gasteiger partial charge in [-0.15, -0.1) is 11.3 Å². The number of nitrogens with zero attached hydrogens (tertiary/aromatic N) is 1. The third-order valence-electron chi connectivity index (χ3n) is 2.86. The van der Waals surface area contributed by atoms with Crippen molar-refractivity contribution in [2.45, 2.75) is 13.8 Å². The SMILES string of the molecule is CC(=NNC(=O)CNc1ccccc1C)c1ccc(Br)s1. The maximum absolute atomic E-state index is 11.8. The number of para-hydroxylation sites is 1. The molecule has 0 spiro atoms. The Bertz CT molecular complexity index is 666. The van der Waals surface area contributed by atoms with Gasteiger partial charge in [0.2, 0.25) is 0 Å². The molecule has 2 N–H and O–H groups in total. The van der Waals surface area contributed by atoms with Gasteiger partial charge in [0.15, 0.2) is 0 Å². The zero-order valence-electron chi connectivity index (χ0n) is 11.8. The number of hydrazone groups is 1. The van der Waals surface area contributed by atoms with E-state index in [1.165, 1.54) is 0 Å². The summed E-state index contributed by atoms with van der Waals surface area (Å²) in [7, 11) is 0. The highest BCUT2D eigenvalue weighted by molar-refractivity contribution is 9.11. The zero-order valence-corrected chi connectivity index (χ0v) is 14.2. The van der Waals surface area contributed by atoms with Crippen molar-refractivity contribution in [2.75, 3.05) is 11.9 Å². The normalized spacial score (nSPS) is 11.3. The first-order valence-electron chi connectivity index (χ1n) is 6.44. The average molecular weight is 366 g/mol. The Morgan fingerprint density at radius 2 is 2.05 bits per heavy atom. The van der Waals surface area contributed by atoms with E-state index in [-0.39, 0.29) is 12.5 Å². The number of benzene rings is 1. The molecule has 1 heterocycles. The monoisotopic (exact) mass is 365 g/mol. The molecule has 0 aliphatic rings. The minimum absolute atomic E-state index is 0.173. The number of nitrogens with one attached hydrogen (secondary N) is 2. The van der Waals surface area contributed by atoms with Crippen LogP contribution in [0.2, 0.25) is 0 Å². The van der Waals surface area contributed by atoms with Crippen LogP contribution in [0.1, 0.15) is 17.4 Å². The van der Waals surface area contributed by atoms with E-state index in [9.17, 15) is 4.79 Å². The van der Waals surface area contributed by atoms with Crippen LogP contribution in [-0.2, 0) is 4.79 Å². The molecule has 2 aromatic rings. The maximum atomic E-state index is 11.8. The van der Waals surface area contributed by atoms with E-state index in [4.69, 9.17) is 0 Å². The van der Waals surface area contributed by atoms with Crippen molar-refractivity contribution in [2.24, 2.45) is 5.10 Å². The molecule has 1 aromatic heterocycles. The van der Waals surface area contributed by atoms with Crippen molar-refractivity contribution in [3.8, 4) is 0 Å². The summed E-state index contributed by atoms with van der Waals surface area (Å²) in [5.74, 6) is -0.173. The Balaban J connectivity index is 1.86. The molecular weight excluding hydrogens is 350 g/mol. The first-order chi connectivity index (χ1) is 10.1. The Morgan fingerprint density at radius 1 is 1.29 bits per heavy atom. The Kier molecular flexibility index (Phi) is 5.52. The molecule has 1 aromatic carbocycles. The second-order valence-corrected chi connectivity index (χ2v) is 6.97. The Hall–Kier alpha value is -1.66. The lowest BCUT2D eigenvalue weighted by atomic mass is 10.2. The Labute approximate surface area is 136 Å². The van der Waals surface area contributed by atoms with Crippen molar-refractivity contribution in [3.05, 3.63) is 50.6 Å². The van der Waals surface area contributed by atoms with Gasteiger partial charge >= 0.3 is 0 Å². The van der Waals surface area contributed by atoms with Gasteiger partial charge in [-0.3, -0.25) is 4.79 Å². The van der Waals surface area contributed by atoms with Crippen molar-refractivity contribution in [1.82, 2.24) is 5.43 Å². The third-order valence-corrected chi connectivity index (χ3v) is 4.60. The molecule has 0 aliphatic carbocycles. The standard InChI is InChI=1S/C15H16BrN3OS/c1-10-5-3-4-6-12(10)17-9-15(20)19-18-11(2)13-7-8-14(16)21-13/h3-8,17H,9H2,1-2H3,(H,19,20). The first-order valence-corrected chi connectivity index (χ1v) is 8.05. The van der Waals surface area contributed by atoms with E-state index in [2.05, 4.69) is 31.8 Å². The molecule has 0 saturated heterocycles. The summed E-state index contributed by atoms with van der Waals surface area (Å²) in [6.07, 6.45) is 0. The third kappa shape index (κ3) is 4.68. The molecule has 0 atom stereocenters. The number of hydrogen-bond donors (Lipinski definition) is 2. The average Bonchev–Trinajstić information content (AvgIpc) is 2.90. The number of rotatable bonds is 5. The maximum Gasteiger partial charge on any atom is 0.259 e. The van der Waals surface area contributed by atoms with Gasteiger partial charge < -0.3 is 5.32 Å². The summed E-state index contributed by atoms with van der Waals surface area (Å²) < 4.78 is 1.04. The quantitative estimate of drug-likeness (QED) is 0.625. The van der Waals surface area contributed by atoms with E-state index in [0.717, 1.165) is 25.6 Å². The molecule has 0 fully saturated rings. The van der Waals surface area contributed by atoms with E-state index in [1.54, 1.807) is 11.3 Å². The second-order valence-electron chi connectivity index (χ2n) is 4.50. The summed E-state index contributed by atoms with van der Waals surface area (Å²) in [5.41, 5.74) is 5.40. The van der Waals surface area contributed by atoms with Gasteiger partial charge in [0.25, 0.3) is 5.91 Å². The fourth-order valence-corrected chi connectivity index (χ4v) is 3.03.